The third kappa shape index (κ3) is 4.86. The molecule has 1 N–H and O–H groups in total. The first-order valence-electron chi connectivity index (χ1n) is 10.1. The van der Waals surface area contributed by atoms with E-state index in [0.29, 0.717) is 5.75 Å². The molecule has 0 aromatic heterocycles. The Morgan fingerprint density at radius 2 is 1.55 bits per heavy atom. The lowest BCUT2D eigenvalue weighted by Gasteiger charge is -2.26. The zero-order valence-electron chi connectivity index (χ0n) is 17.7. The van der Waals surface area contributed by atoms with Crippen LogP contribution in [-0.4, -0.2) is 12.5 Å². The number of benzene rings is 3. The monoisotopic (exact) mass is 387 g/mol. The highest BCUT2D eigenvalue weighted by Crippen LogP contribution is 2.32. The second kappa shape index (κ2) is 8.95. The van der Waals surface area contributed by atoms with Crippen molar-refractivity contribution in [3.63, 3.8) is 0 Å². The number of carbonyl (C=O) groups is 1. The van der Waals surface area contributed by atoms with E-state index in [1.807, 2.05) is 43.3 Å². The van der Waals surface area contributed by atoms with E-state index in [9.17, 15) is 4.79 Å². The van der Waals surface area contributed by atoms with Gasteiger partial charge in [-0.05, 0) is 47.7 Å². The molecule has 29 heavy (non-hydrogen) atoms. The van der Waals surface area contributed by atoms with E-state index in [-0.39, 0.29) is 17.9 Å². The predicted octanol–water partition coefficient (Wildman–Crippen LogP) is 5.90. The normalized spacial score (nSPS) is 11.2. The Bertz CT molecular complexity index is 960. The van der Waals surface area contributed by atoms with Crippen LogP contribution in [0.2, 0.25) is 0 Å². The zero-order valence-corrected chi connectivity index (χ0v) is 17.7. The van der Waals surface area contributed by atoms with Crippen molar-refractivity contribution in [3.05, 3.63) is 95.1 Å². The Labute approximate surface area is 173 Å². The number of hydrogen-bond acceptors (Lipinski definition) is 2. The Morgan fingerprint density at radius 3 is 2.21 bits per heavy atom. The molecular formula is C26H29NO2. The van der Waals surface area contributed by atoms with Gasteiger partial charge in [-0.2, -0.15) is 0 Å². The van der Waals surface area contributed by atoms with E-state index >= 15 is 0 Å². The van der Waals surface area contributed by atoms with Crippen LogP contribution in [-0.2, 0) is 16.6 Å². The fourth-order valence-electron chi connectivity index (χ4n) is 3.52. The Kier molecular flexibility index (Phi) is 6.38. The van der Waals surface area contributed by atoms with Crippen LogP contribution >= 0.6 is 0 Å². The maximum atomic E-state index is 12.4. The molecule has 3 aromatic carbocycles. The maximum Gasteiger partial charge on any atom is 0.262 e. The molecular weight excluding hydrogens is 358 g/mol. The van der Waals surface area contributed by atoms with Crippen LogP contribution in [0.1, 0.15) is 43.0 Å². The van der Waals surface area contributed by atoms with Crippen LogP contribution in [0, 0.1) is 6.92 Å². The van der Waals surface area contributed by atoms with Crippen LogP contribution in [0.15, 0.2) is 72.8 Å². The summed E-state index contributed by atoms with van der Waals surface area (Å²) < 4.78 is 5.71. The van der Waals surface area contributed by atoms with E-state index < -0.39 is 0 Å². The molecule has 0 bridgehead atoms. The molecule has 0 aliphatic heterocycles. The fraction of sp³-hybridized carbons (Fsp3) is 0.269. The second-order valence-electron chi connectivity index (χ2n) is 7.81. The molecule has 0 saturated carbocycles. The van der Waals surface area contributed by atoms with Crippen molar-refractivity contribution in [2.75, 3.05) is 11.9 Å². The van der Waals surface area contributed by atoms with Gasteiger partial charge in [-0.25, -0.2) is 0 Å². The first-order chi connectivity index (χ1) is 13.9. The van der Waals surface area contributed by atoms with Crippen molar-refractivity contribution < 1.29 is 9.53 Å². The van der Waals surface area contributed by atoms with Crippen LogP contribution < -0.4 is 10.1 Å². The molecule has 3 rings (SSSR count). The minimum Gasteiger partial charge on any atom is -0.484 e. The zero-order chi connectivity index (χ0) is 20.9. The van der Waals surface area contributed by atoms with Crippen molar-refractivity contribution in [2.24, 2.45) is 0 Å². The van der Waals surface area contributed by atoms with Gasteiger partial charge >= 0.3 is 0 Å². The van der Waals surface area contributed by atoms with Gasteiger partial charge in [0.25, 0.3) is 5.91 Å². The van der Waals surface area contributed by atoms with Crippen molar-refractivity contribution >= 4 is 11.6 Å². The van der Waals surface area contributed by atoms with Gasteiger partial charge in [0.2, 0.25) is 0 Å². The van der Waals surface area contributed by atoms with Crippen molar-refractivity contribution in [2.45, 2.75) is 39.5 Å². The quantitative estimate of drug-likeness (QED) is 0.548. The highest BCUT2D eigenvalue weighted by molar-refractivity contribution is 5.93. The number of nitrogens with one attached hydrogen (secondary N) is 1. The molecule has 0 fully saturated rings. The topological polar surface area (TPSA) is 38.3 Å². The van der Waals surface area contributed by atoms with Crippen LogP contribution in [0.3, 0.4) is 0 Å². The summed E-state index contributed by atoms with van der Waals surface area (Å²) in [4.78, 5) is 12.4. The minimum atomic E-state index is -0.150. The van der Waals surface area contributed by atoms with Crippen LogP contribution in [0.25, 0.3) is 0 Å². The number of aryl methyl sites for hydroxylation is 2. The summed E-state index contributed by atoms with van der Waals surface area (Å²) in [6.07, 6.45) is 0.872. The summed E-state index contributed by atoms with van der Waals surface area (Å²) >= 11 is 0. The summed E-state index contributed by atoms with van der Waals surface area (Å²) in [5.41, 5.74) is 5.45. The first-order valence-corrected chi connectivity index (χ1v) is 10.1. The van der Waals surface area contributed by atoms with Crippen molar-refractivity contribution in [3.8, 4) is 5.75 Å². The van der Waals surface area contributed by atoms with Gasteiger partial charge < -0.3 is 10.1 Å². The fourth-order valence-corrected chi connectivity index (χ4v) is 3.52. The lowest BCUT2D eigenvalue weighted by atomic mass is 9.78. The lowest BCUT2D eigenvalue weighted by Crippen LogP contribution is -2.21. The van der Waals surface area contributed by atoms with Crippen LogP contribution in [0.5, 0.6) is 5.75 Å². The number of anilines is 1. The molecule has 0 unspecified atom stereocenters. The molecule has 0 radical (unpaired) electrons. The summed E-state index contributed by atoms with van der Waals surface area (Å²) in [5.74, 6) is 0.538. The van der Waals surface area contributed by atoms with Gasteiger partial charge in [-0.15, -0.1) is 0 Å². The van der Waals surface area contributed by atoms with Crippen LogP contribution in [0.4, 0.5) is 5.69 Å². The molecule has 3 nitrogen and oxygen atoms in total. The molecule has 1 amide bonds. The standard InChI is InChI=1S/C26H29NO2/c1-5-20-11-9-10-19(2)25(20)27-24(28)18-29-23-16-14-22(15-17-23)26(3,4)21-12-7-6-8-13-21/h6-17H,5,18H2,1-4H3,(H,27,28). The Morgan fingerprint density at radius 1 is 0.897 bits per heavy atom. The summed E-state index contributed by atoms with van der Waals surface area (Å²) in [7, 11) is 0. The molecule has 0 aliphatic rings. The highest BCUT2D eigenvalue weighted by atomic mass is 16.5. The minimum absolute atomic E-state index is 0.0150. The SMILES string of the molecule is CCc1cccc(C)c1NC(=O)COc1ccc(C(C)(C)c2ccccc2)cc1. The largest absolute Gasteiger partial charge is 0.484 e. The Hall–Kier alpha value is -3.07. The van der Waals surface area contributed by atoms with E-state index in [4.69, 9.17) is 4.74 Å². The summed E-state index contributed by atoms with van der Waals surface area (Å²) in [6.45, 7) is 8.49. The molecule has 3 heteroatoms. The lowest BCUT2D eigenvalue weighted by molar-refractivity contribution is -0.118. The van der Waals surface area contributed by atoms with Gasteiger partial charge in [0, 0.05) is 11.1 Å². The number of ether oxygens (including phenoxy) is 1. The number of hydrogen-bond donors (Lipinski definition) is 1. The molecule has 0 saturated heterocycles. The van der Waals surface area contributed by atoms with Crippen molar-refractivity contribution in [1.29, 1.82) is 0 Å². The number of carbonyl (C=O) groups excluding carboxylic acids is 1. The van der Waals surface area contributed by atoms with Gasteiger partial charge in [0.05, 0.1) is 0 Å². The van der Waals surface area contributed by atoms with E-state index in [0.717, 1.165) is 23.2 Å². The number of para-hydroxylation sites is 1. The van der Waals surface area contributed by atoms with E-state index in [1.165, 1.54) is 11.1 Å². The highest BCUT2D eigenvalue weighted by Gasteiger charge is 2.22. The average Bonchev–Trinajstić information content (AvgIpc) is 2.74. The van der Waals surface area contributed by atoms with E-state index in [1.54, 1.807) is 0 Å². The van der Waals surface area contributed by atoms with Gasteiger partial charge in [0.15, 0.2) is 6.61 Å². The predicted molar refractivity (Wildman–Crippen MR) is 120 cm³/mol. The van der Waals surface area contributed by atoms with Gasteiger partial charge in [0.1, 0.15) is 5.75 Å². The van der Waals surface area contributed by atoms with Gasteiger partial charge in [-0.3, -0.25) is 4.79 Å². The molecule has 0 spiro atoms. The second-order valence-corrected chi connectivity index (χ2v) is 7.81. The molecule has 3 aromatic rings. The summed E-state index contributed by atoms with van der Waals surface area (Å²) in [6, 6.07) is 24.5. The number of rotatable bonds is 7. The Balaban J connectivity index is 1.63. The average molecular weight is 388 g/mol. The molecule has 0 atom stereocenters. The summed E-state index contributed by atoms with van der Waals surface area (Å²) in [5, 5.41) is 2.99. The van der Waals surface area contributed by atoms with Gasteiger partial charge in [-0.1, -0.05) is 81.4 Å². The third-order valence-corrected chi connectivity index (χ3v) is 5.45. The smallest absolute Gasteiger partial charge is 0.262 e. The third-order valence-electron chi connectivity index (χ3n) is 5.45. The first kappa shape index (κ1) is 20.7. The molecule has 0 heterocycles. The van der Waals surface area contributed by atoms with Crippen molar-refractivity contribution in [1.82, 2.24) is 0 Å². The molecule has 150 valence electrons. The van der Waals surface area contributed by atoms with E-state index in [2.05, 4.69) is 62.5 Å². The molecule has 0 aliphatic carbocycles. The maximum absolute atomic E-state index is 12.4. The number of amides is 1.